The maximum atomic E-state index is 5.47. The molecule has 1 atom stereocenters. The number of hydrogen-bond acceptors (Lipinski definition) is 4. The van der Waals surface area contributed by atoms with Crippen molar-refractivity contribution in [1.29, 1.82) is 0 Å². The lowest BCUT2D eigenvalue weighted by atomic mass is 10.1. The van der Waals surface area contributed by atoms with E-state index in [2.05, 4.69) is 15.9 Å². The van der Waals surface area contributed by atoms with Crippen molar-refractivity contribution < 1.29 is 18.9 Å². The molecule has 1 heterocycles. The van der Waals surface area contributed by atoms with Crippen molar-refractivity contribution in [3.8, 4) is 5.75 Å². The summed E-state index contributed by atoms with van der Waals surface area (Å²) in [5.41, 5.74) is 1.12. The summed E-state index contributed by atoms with van der Waals surface area (Å²) < 4.78 is 21.9. The minimum Gasteiger partial charge on any atom is -0.468 e. The predicted octanol–water partition coefficient (Wildman–Crippen LogP) is 2.52. The first kappa shape index (κ1) is 12.8. The van der Waals surface area contributed by atoms with Gasteiger partial charge in [0.15, 0.2) is 6.79 Å². The van der Waals surface area contributed by atoms with Crippen LogP contribution in [0.1, 0.15) is 11.7 Å². The zero-order chi connectivity index (χ0) is 12.1. The number of rotatable bonds is 7. The Morgan fingerprint density at radius 2 is 2.24 bits per heavy atom. The lowest BCUT2D eigenvalue weighted by molar-refractivity contribution is -0.00851. The molecule has 0 aromatic heterocycles. The van der Waals surface area contributed by atoms with E-state index in [-0.39, 0.29) is 12.9 Å². The molecule has 2 rings (SSSR count). The van der Waals surface area contributed by atoms with E-state index in [1.807, 2.05) is 18.2 Å². The zero-order valence-corrected chi connectivity index (χ0v) is 11.2. The van der Waals surface area contributed by atoms with Crippen molar-refractivity contribution >= 4 is 15.9 Å². The number of halogens is 1. The third-order valence-electron chi connectivity index (χ3n) is 2.39. The Morgan fingerprint density at radius 3 is 2.94 bits per heavy atom. The SMILES string of the molecule is COCCOCOc1ccc(Br)c(C2CO2)c1. The molecule has 0 N–H and O–H groups in total. The Kier molecular flexibility index (Phi) is 4.79. The largest absolute Gasteiger partial charge is 0.468 e. The lowest BCUT2D eigenvalue weighted by Gasteiger charge is -2.09. The molecule has 5 heteroatoms. The van der Waals surface area contributed by atoms with Gasteiger partial charge in [-0.3, -0.25) is 0 Å². The highest BCUT2D eigenvalue weighted by atomic mass is 79.9. The Morgan fingerprint density at radius 1 is 1.41 bits per heavy atom. The van der Waals surface area contributed by atoms with Crippen molar-refractivity contribution in [3.63, 3.8) is 0 Å². The van der Waals surface area contributed by atoms with Gasteiger partial charge in [-0.1, -0.05) is 15.9 Å². The molecule has 0 bridgehead atoms. The van der Waals surface area contributed by atoms with Crippen molar-refractivity contribution in [2.24, 2.45) is 0 Å². The molecule has 0 saturated carbocycles. The van der Waals surface area contributed by atoms with Crippen LogP contribution in [0.25, 0.3) is 0 Å². The van der Waals surface area contributed by atoms with E-state index in [4.69, 9.17) is 18.9 Å². The van der Waals surface area contributed by atoms with Gasteiger partial charge >= 0.3 is 0 Å². The van der Waals surface area contributed by atoms with Crippen LogP contribution >= 0.6 is 15.9 Å². The summed E-state index contributed by atoms with van der Waals surface area (Å²) in [6.45, 7) is 2.12. The third-order valence-corrected chi connectivity index (χ3v) is 3.11. The average molecular weight is 303 g/mol. The molecule has 1 aliphatic rings. The van der Waals surface area contributed by atoms with Gasteiger partial charge in [-0.05, 0) is 18.2 Å². The van der Waals surface area contributed by atoms with Crippen LogP contribution in [0.5, 0.6) is 5.75 Å². The second-order valence-electron chi connectivity index (χ2n) is 3.67. The standard InChI is InChI=1S/C12H15BrO4/c1-14-4-5-15-8-17-9-2-3-11(13)10(6-9)12-7-16-12/h2-3,6,12H,4-5,7-8H2,1H3. The molecule has 1 unspecified atom stereocenters. The maximum Gasteiger partial charge on any atom is 0.189 e. The Hall–Kier alpha value is -0.620. The van der Waals surface area contributed by atoms with Crippen LogP contribution in [-0.4, -0.2) is 33.7 Å². The van der Waals surface area contributed by atoms with E-state index in [9.17, 15) is 0 Å². The van der Waals surface area contributed by atoms with Gasteiger partial charge in [0.2, 0.25) is 0 Å². The highest BCUT2D eigenvalue weighted by Crippen LogP contribution is 2.36. The van der Waals surface area contributed by atoms with Crippen molar-refractivity contribution in [2.75, 3.05) is 33.7 Å². The van der Waals surface area contributed by atoms with Gasteiger partial charge in [0, 0.05) is 17.1 Å². The minimum atomic E-state index is 0.210. The number of methoxy groups -OCH3 is 1. The van der Waals surface area contributed by atoms with Gasteiger partial charge in [0.05, 0.1) is 19.8 Å². The summed E-state index contributed by atoms with van der Waals surface area (Å²) in [4.78, 5) is 0. The van der Waals surface area contributed by atoms with Gasteiger partial charge in [0.1, 0.15) is 11.9 Å². The lowest BCUT2D eigenvalue weighted by Crippen LogP contribution is -2.07. The summed E-state index contributed by atoms with van der Waals surface area (Å²) in [5.74, 6) is 0.788. The molecule has 0 aliphatic carbocycles. The maximum absolute atomic E-state index is 5.47. The molecule has 1 aliphatic heterocycles. The second kappa shape index (κ2) is 6.35. The van der Waals surface area contributed by atoms with E-state index in [1.165, 1.54) is 0 Å². The van der Waals surface area contributed by atoms with Crippen LogP contribution in [0.15, 0.2) is 22.7 Å². The van der Waals surface area contributed by atoms with Gasteiger partial charge in [-0.2, -0.15) is 0 Å². The monoisotopic (exact) mass is 302 g/mol. The van der Waals surface area contributed by atoms with E-state index >= 15 is 0 Å². The fourth-order valence-corrected chi connectivity index (χ4v) is 1.90. The van der Waals surface area contributed by atoms with Crippen LogP contribution in [0.2, 0.25) is 0 Å². The number of hydrogen-bond donors (Lipinski definition) is 0. The van der Waals surface area contributed by atoms with Crippen LogP contribution in [0, 0.1) is 0 Å². The molecule has 1 saturated heterocycles. The third kappa shape index (κ3) is 3.96. The second-order valence-corrected chi connectivity index (χ2v) is 4.52. The number of benzene rings is 1. The first-order valence-electron chi connectivity index (χ1n) is 5.42. The minimum absolute atomic E-state index is 0.210. The molecule has 0 radical (unpaired) electrons. The molecular weight excluding hydrogens is 288 g/mol. The summed E-state index contributed by atoms with van der Waals surface area (Å²) in [6.07, 6.45) is 0.210. The van der Waals surface area contributed by atoms with Gasteiger partial charge in [-0.25, -0.2) is 0 Å². The molecule has 4 nitrogen and oxygen atoms in total. The average Bonchev–Trinajstić information content (AvgIpc) is 3.15. The number of epoxide rings is 1. The summed E-state index contributed by atoms with van der Waals surface area (Å²) in [5, 5.41) is 0. The smallest absolute Gasteiger partial charge is 0.189 e. The highest BCUT2D eigenvalue weighted by molar-refractivity contribution is 9.10. The van der Waals surface area contributed by atoms with E-state index in [0.29, 0.717) is 13.2 Å². The van der Waals surface area contributed by atoms with E-state index < -0.39 is 0 Å². The Bertz CT molecular complexity index is 366. The quantitative estimate of drug-likeness (QED) is 0.441. The van der Waals surface area contributed by atoms with Crippen LogP contribution in [0.3, 0.4) is 0 Å². The topological polar surface area (TPSA) is 40.2 Å². The predicted molar refractivity (Wildman–Crippen MR) is 66.2 cm³/mol. The summed E-state index contributed by atoms with van der Waals surface area (Å²) in [6, 6.07) is 5.83. The highest BCUT2D eigenvalue weighted by Gasteiger charge is 2.27. The fourth-order valence-electron chi connectivity index (χ4n) is 1.40. The van der Waals surface area contributed by atoms with Crippen molar-refractivity contribution in [1.82, 2.24) is 0 Å². The summed E-state index contributed by atoms with van der Waals surface area (Å²) in [7, 11) is 1.64. The molecule has 1 fully saturated rings. The van der Waals surface area contributed by atoms with E-state index in [0.717, 1.165) is 22.4 Å². The first-order chi connectivity index (χ1) is 8.31. The van der Waals surface area contributed by atoms with Gasteiger partial charge in [-0.15, -0.1) is 0 Å². The molecule has 0 spiro atoms. The van der Waals surface area contributed by atoms with Gasteiger partial charge < -0.3 is 18.9 Å². The normalized spacial score (nSPS) is 18.1. The Labute approximate surface area is 109 Å². The molecule has 94 valence electrons. The molecule has 0 amide bonds. The molecule has 1 aromatic carbocycles. The number of ether oxygens (including phenoxy) is 4. The van der Waals surface area contributed by atoms with Crippen molar-refractivity contribution in [2.45, 2.75) is 6.10 Å². The molecule has 17 heavy (non-hydrogen) atoms. The Balaban J connectivity index is 1.82. The zero-order valence-electron chi connectivity index (χ0n) is 9.65. The van der Waals surface area contributed by atoms with Crippen molar-refractivity contribution in [3.05, 3.63) is 28.2 Å². The van der Waals surface area contributed by atoms with Gasteiger partial charge in [0.25, 0.3) is 0 Å². The van der Waals surface area contributed by atoms with E-state index in [1.54, 1.807) is 7.11 Å². The van der Waals surface area contributed by atoms with Crippen LogP contribution in [-0.2, 0) is 14.2 Å². The first-order valence-corrected chi connectivity index (χ1v) is 6.21. The van der Waals surface area contributed by atoms with Crippen LogP contribution in [0.4, 0.5) is 0 Å². The molecular formula is C12H15BrO4. The molecule has 1 aromatic rings. The fraction of sp³-hybridized carbons (Fsp3) is 0.500. The van der Waals surface area contributed by atoms with Crippen LogP contribution < -0.4 is 4.74 Å². The summed E-state index contributed by atoms with van der Waals surface area (Å²) >= 11 is 3.49.